The molecular formula is C29H26N6O. The van der Waals surface area contributed by atoms with Crippen LogP contribution in [0.15, 0.2) is 91.4 Å². The third-order valence-corrected chi connectivity index (χ3v) is 5.18. The summed E-state index contributed by atoms with van der Waals surface area (Å²) < 4.78 is 76.1. The molecule has 0 aliphatic heterocycles. The van der Waals surface area contributed by atoms with Crippen molar-refractivity contribution >= 4 is 23.2 Å². The number of aromatic nitrogens is 4. The Kier molecular flexibility index (Phi) is 3.98. The summed E-state index contributed by atoms with van der Waals surface area (Å²) in [5.74, 6) is -1.15. The molecular weight excluding hydrogens is 448 g/mol. The van der Waals surface area contributed by atoms with E-state index < -0.39 is 60.2 Å². The zero-order valence-corrected chi connectivity index (χ0v) is 19.7. The van der Waals surface area contributed by atoms with Gasteiger partial charge in [-0.2, -0.15) is 0 Å². The molecule has 178 valence electrons. The third-order valence-electron chi connectivity index (χ3n) is 5.18. The smallest absolute Gasteiger partial charge is 0.255 e. The first-order chi connectivity index (χ1) is 21.2. The molecule has 3 heterocycles. The molecule has 1 amide bonds. The van der Waals surface area contributed by atoms with E-state index >= 15 is 0 Å². The van der Waals surface area contributed by atoms with Gasteiger partial charge in [-0.25, -0.2) is 9.97 Å². The van der Waals surface area contributed by atoms with E-state index in [0.717, 1.165) is 16.8 Å². The minimum atomic E-state index is -0.798. The molecule has 7 nitrogen and oxygen atoms in total. The molecule has 0 fully saturated rings. The van der Waals surface area contributed by atoms with E-state index in [1.807, 2.05) is 42.9 Å². The Morgan fingerprint density at radius 3 is 2.75 bits per heavy atom. The summed E-state index contributed by atoms with van der Waals surface area (Å²) in [6.45, 7) is 5.28. The van der Waals surface area contributed by atoms with Crippen LogP contribution < -0.4 is 10.6 Å². The van der Waals surface area contributed by atoms with Gasteiger partial charge in [0.2, 0.25) is 5.95 Å². The number of carbonyl (C=O) groups excluding carboxylic acids is 1. The Labute approximate surface area is 222 Å². The van der Waals surface area contributed by atoms with Gasteiger partial charge in [-0.3, -0.25) is 9.78 Å². The Morgan fingerprint density at radius 2 is 1.92 bits per heavy atom. The first-order valence-corrected chi connectivity index (χ1v) is 10.9. The standard InChI is InChI=1S/C29H26N6O/c1-19-9-12-35(18-19)25-14-20(2)13-24(16-25)32-28(36)22-7-6-21(3)27(15-22)34-29-31-11-8-26(33-29)23-5-4-10-30-17-23/h4-18H,1-3H3,(H,32,36)(H,31,33,34)/i4D,5D,6D,7D,8D,10D,11D,15D,17D. The molecule has 0 bridgehead atoms. The molecule has 0 radical (unpaired) electrons. The number of rotatable bonds is 6. The average molecular weight is 484 g/mol. The van der Waals surface area contributed by atoms with Gasteiger partial charge in [-0.1, -0.05) is 6.04 Å². The largest absolute Gasteiger partial charge is 0.324 e. The summed E-state index contributed by atoms with van der Waals surface area (Å²) in [6, 6.07) is 4.38. The van der Waals surface area contributed by atoms with Gasteiger partial charge in [0.25, 0.3) is 5.91 Å². The van der Waals surface area contributed by atoms with Gasteiger partial charge in [-0.05, 0) is 91.9 Å². The minimum absolute atomic E-state index is 0.102. The van der Waals surface area contributed by atoms with E-state index in [2.05, 4.69) is 25.6 Å². The summed E-state index contributed by atoms with van der Waals surface area (Å²) >= 11 is 0. The van der Waals surface area contributed by atoms with Crippen LogP contribution in [0.1, 0.15) is 39.4 Å². The lowest BCUT2D eigenvalue weighted by atomic mass is 10.1. The molecule has 0 aliphatic carbocycles. The van der Waals surface area contributed by atoms with E-state index in [-0.39, 0.29) is 34.5 Å². The fraction of sp³-hybridized carbons (Fsp3) is 0.103. The van der Waals surface area contributed by atoms with Crippen molar-refractivity contribution in [2.24, 2.45) is 0 Å². The maximum atomic E-state index is 13.5. The van der Waals surface area contributed by atoms with Crippen molar-refractivity contribution in [3.05, 3.63) is 114 Å². The SMILES string of the molecule is [2H]c1nc(Nc2c([2H])c(C(=O)Nc3cc(C)cc(-n4ccc(C)c4)c3)c([2H])c([2H])c2C)nc(-c2c([2H])nc([2H])c([2H])c2[2H])c1[2H]. The van der Waals surface area contributed by atoms with Crippen molar-refractivity contribution < 1.29 is 17.1 Å². The second-order valence-corrected chi connectivity index (χ2v) is 8.08. The van der Waals surface area contributed by atoms with Crippen molar-refractivity contribution in [3.8, 4) is 16.9 Å². The first-order valence-electron chi connectivity index (χ1n) is 15.4. The maximum absolute atomic E-state index is 13.5. The number of pyridine rings is 1. The van der Waals surface area contributed by atoms with E-state index in [1.165, 1.54) is 6.92 Å². The van der Waals surface area contributed by atoms with Gasteiger partial charge in [0.15, 0.2) is 0 Å². The van der Waals surface area contributed by atoms with E-state index in [0.29, 0.717) is 5.69 Å². The van der Waals surface area contributed by atoms with Gasteiger partial charge in [0, 0.05) is 59.1 Å². The Balaban J connectivity index is 1.55. The summed E-state index contributed by atoms with van der Waals surface area (Å²) in [7, 11) is 0. The fourth-order valence-corrected chi connectivity index (χ4v) is 3.47. The maximum Gasteiger partial charge on any atom is 0.255 e. The molecule has 0 aliphatic rings. The number of amides is 1. The summed E-state index contributed by atoms with van der Waals surface area (Å²) in [6.07, 6.45) is 2.02. The number of nitrogens with zero attached hydrogens (tertiary/aromatic N) is 4. The first kappa shape index (κ1) is 14.6. The summed E-state index contributed by atoms with van der Waals surface area (Å²) in [5.41, 5.74) is 2.01. The van der Waals surface area contributed by atoms with E-state index in [9.17, 15) is 4.79 Å². The van der Waals surface area contributed by atoms with Crippen LogP contribution in [0.25, 0.3) is 16.9 Å². The highest BCUT2D eigenvalue weighted by Gasteiger charge is 2.12. The molecule has 2 aromatic carbocycles. The average Bonchev–Trinajstić information content (AvgIpc) is 3.41. The van der Waals surface area contributed by atoms with E-state index in [1.54, 1.807) is 12.1 Å². The van der Waals surface area contributed by atoms with Gasteiger partial charge in [0.1, 0.15) is 0 Å². The Hall–Kier alpha value is -4.78. The third kappa shape index (κ3) is 5.15. The predicted octanol–water partition coefficient (Wildman–Crippen LogP) is 6.25. The van der Waals surface area contributed by atoms with Crippen molar-refractivity contribution in [3.63, 3.8) is 0 Å². The molecule has 5 rings (SSSR count). The second kappa shape index (κ2) is 9.84. The van der Waals surface area contributed by atoms with Gasteiger partial charge >= 0.3 is 0 Å². The molecule has 7 heteroatoms. The lowest BCUT2D eigenvalue weighted by Gasteiger charge is -2.13. The Morgan fingerprint density at radius 1 is 1.03 bits per heavy atom. The predicted molar refractivity (Wildman–Crippen MR) is 143 cm³/mol. The highest BCUT2D eigenvalue weighted by atomic mass is 16.1. The molecule has 0 spiro atoms. The van der Waals surface area contributed by atoms with Crippen LogP contribution in [0, 0.1) is 20.8 Å². The highest BCUT2D eigenvalue weighted by molar-refractivity contribution is 6.05. The molecule has 36 heavy (non-hydrogen) atoms. The summed E-state index contributed by atoms with van der Waals surface area (Å²) in [4.78, 5) is 25.2. The minimum Gasteiger partial charge on any atom is -0.324 e. The van der Waals surface area contributed by atoms with Gasteiger partial charge in [-0.15, -0.1) is 0 Å². The zero-order chi connectivity index (χ0) is 32.9. The number of carbonyl (C=O) groups is 1. The van der Waals surface area contributed by atoms with Gasteiger partial charge < -0.3 is 15.2 Å². The number of anilines is 3. The van der Waals surface area contributed by atoms with Gasteiger partial charge in [0.05, 0.1) is 18.0 Å². The van der Waals surface area contributed by atoms with Crippen molar-refractivity contribution in [2.45, 2.75) is 20.8 Å². The fourth-order valence-electron chi connectivity index (χ4n) is 3.47. The lowest BCUT2D eigenvalue weighted by Crippen LogP contribution is -2.13. The lowest BCUT2D eigenvalue weighted by molar-refractivity contribution is 0.102. The van der Waals surface area contributed by atoms with Crippen LogP contribution in [-0.2, 0) is 0 Å². The zero-order valence-electron chi connectivity index (χ0n) is 28.7. The van der Waals surface area contributed by atoms with Crippen LogP contribution >= 0.6 is 0 Å². The Bertz CT molecular complexity index is 2030. The number of nitrogens with one attached hydrogen (secondary N) is 2. The number of benzene rings is 2. The molecule has 0 saturated carbocycles. The van der Waals surface area contributed by atoms with Crippen LogP contribution in [-0.4, -0.2) is 25.4 Å². The monoisotopic (exact) mass is 483 g/mol. The van der Waals surface area contributed by atoms with Crippen molar-refractivity contribution in [1.29, 1.82) is 0 Å². The number of aryl methyl sites for hydroxylation is 2. The topological polar surface area (TPSA) is 84.7 Å². The molecule has 2 N–H and O–H groups in total. The van der Waals surface area contributed by atoms with Crippen LogP contribution in [0.3, 0.4) is 0 Å². The molecule has 0 unspecified atom stereocenters. The molecule has 3 aromatic heterocycles. The van der Waals surface area contributed by atoms with E-state index in [4.69, 9.17) is 12.3 Å². The number of hydrogen-bond donors (Lipinski definition) is 2. The van der Waals surface area contributed by atoms with Crippen molar-refractivity contribution in [2.75, 3.05) is 10.6 Å². The number of hydrogen-bond acceptors (Lipinski definition) is 5. The second-order valence-electron chi connectivity index (χ2n) is 8.08. The van der Waals surface area contributed by atoms with Crippen molar-refractivity contribution in [1.82, 2.24) is 19.5 Å². The van der Waals surface area contributed by atoms with Crippen LogP contribution in [0.5, 0.6) is 0 Å². The molecule has 5 aromatic rings. The quantitative estimate of drug-likeness (QED) is 0.298. The molecule has 0 atom stereocenters. The highest BCUT2D eigenvalue weighted by Crippen LogP contribution is 2.24. The summed E-state index contributed by atoms with van der Waals surface area (Å²) in [5, 5.41) is 5.46. The van der Waals surface area contributed by atoms with Crippen LogP contribution in [0.4, 0.5) is 17.3 Å². The van der Waals surface area contributed by atoms with Crippen LogP contribution in [0.2, 0.25) is 0 Å². The normalized spacial score (nSPS) is 14.2. The molecule has 0 saturated heterocycles.